The first kappa shape index (κ1) is 19.7. The molecule has 0 saturated carbocycles. The summed E-state index contributed by atoms with van der Waals surface area (Å²) in [6.45, 7) is 0. The Labute approximate surface area is 141 Å². The topological polar surface area (TPSA) is 26.3 Å². The summed E-state index contributed by atoms with van der Waals surface area (Å²) < 4.78 is 108. The van der Waals surface area contributed by atoms with Gasteiger partial charge in [0.05, 0.1) is 0 Å². The minimum absolute atomic E-state index is 0.000720. The summed E-state index contributed by atoms with van der Waals surface area (Å²) in [5, 5.41) is 0. The quantitative estimate of drug-likeness (QED) is 0.487. The maximum atomic E-state index is 13.7. The van der Waals surface area contributed by atoms with E-state index in [1.54, 1.807) is 0 Å². The third kappa shape index (κ3) is 3.49. The molecule has 0 atom stereocenters. The Morgan fingerprint density at radius 1 is 0.846 bits per heavy atom. The standard InChI is InChI=1S/C16H8F8O2/c17-12-7-9(8-25)1-6-13(12)26-11-4-2-10(3-5-11)14(18,19)15(20,21)16(22,23)24/h1-8H. The zero-order valence-electron chi connectivity index (χ0n) is 12.5. The Hall–Kier alpha value is -2.65. The second-order valence-electron chi connectivity index (χ2n) is 5.08. The summed E-state index contributed by atoms with van der Waals surface area (Å²) in [5.74, 6) is -13.5. The molecule has 0 aliphatic heterocycles. The number of carbonyl (C=O) groups excluding carboxylic acids is 1. The molecule has 2 nitrogen and oxygen atoms in total. The third-order valence-corrected chi connectivity index (χ3v) is 3.29. The van der Waals surface area contributed by atoms with Gasteiger partial charge in [0.25, 0.3) is 0 Å². The van der Waals surface area contributed by atoms with Crippen molar-refractivity contribution in [2.45, 2.75) is 18.0 Å². The Bertz CT molecular complexity index is 797. The van der Waals surface area contributed by atoms with E-state index in [2.05, 4.69) is 0 Å². The van der Waals surface area contributed by atoms with E-state index in [0.717, 1.165) is 12.1 Å². The van der Waals surface area contributed by atoms with Crippen LogP contribution in [0.5, 0.6) is 11.5 Å². The molecule has 0 fully saturated rings. The molecule has 2 rings (SSSR count). The van der Waals surface area contributed by atoms with Crippen molar-refractivity contribution in [2.24, 2.45) is 0 Å². The third-order valence-electron chi connectivity index (χ3n) is 3.29. The minimum atomic E-state index is -6.45. The monoisotopic (exact) mass is 384 g/mol. The van der Waals surface area contributed by atoms with Crippen LogP contribution in [0.3, 0.4) is 0 Å². The number of ether oxygens (including phenoxy) is 1. The molecule has 2 aromatic rings. The molecule has 140 valence electrons. The highest BCUT2D eigenvalue weighted by molar-refractivity contribution is 5.75. The number of benzene rings is 2. The van der Waals surface area contributed by atoms with Gasteiger partial charge in [-0.25, -0.2) is 4.39 Å². The number of aldehydes is 1. The molecule has 0 heterocycles. The van der Waals surface area contributed by atoms with Crippen molar-refractivity contribution in [3.8, 4) is 11.5 Å². The van der Waals surface area contributed by atoms with Crippen molar-refractivity contribution < 1.29 is 44.7 Å². The van der Waals surface area contributed by atoms with E-state index >= 15 is 0 Å². The van der Waals surface area contributed by atoms with Gasteiger partial charge in [0, 0.05) is 11.1 Å². The molecule has 0 aliphatic rings. The summed E-state index contributed by atoms with van der Waals surface area (Å²) >= 11 is 0. The smallest absolute Gasteiger partial charge is 0.454 e. The van der Waals surface area contributed by atoms with Crippen molar-refractivity contribution in [3.63, 3.8) is 0 Å². The second kappa shape index (κ2) is 6.58. The molecule has 0 spiro atoms. The highest BCUT2D eigenvalue weighted by Crippen LogP contribution is 2.51. The van der Waals surface area contributed by atoms with Gasteiger partial charge < -0.3 is 4.74 Å². The molecular formula is C16H8F8O2. The van der Waals surface area contributed by atoms with Crippen LogP contribution in [-0.2, 0) is 5.92 Å². The van der Waals surface area contributed by atoms with E-state index in [0.29, 0.717) is 30.6 Å². The maximum absolute atomic E-state index is 13.7. The normalized spacial score (nSPS) is 12.8. The van der Waals surface area contributed by atoms with Crippen LogP contribution in [-0.4, -0.2) is 18.4 Å². The van der Waals surface area contributed by atoms with Crippen LogP contribution < -0.4 is 4.74 Å². The lowest BCUT2D eigenvalue weighted by Gasteiger charge is -2.28. The van der Waals surface area contributed by atoms with Crippen molar-refractivity contribution in [1.29, 1.82) is 0 Å². The number of hydrogen-bond donors (Lipinski definition) is 0. The first-order valence-corrected chi connectivity index (χ1v) is 6.75. The van der Waals surface area contributed by atoms with Crippen LogP contribution in [0.15, 0.2) is 42.5 Å². The summed E-state index contributed by atoms with van der Waals surface area (Å²) in [5.41, 5.74) is -1.59. The van der Waals surface area contributed by atoms with Gasteiger partial charge >= 0.3 is 18.0 Å². The summed E-state index contributed by atoms with van der Waals surface area (Å²) in [6, 6.07) is 5.07. The van der Waals surface area contributed by atoms with E-state index in [-0.39, 0.29) is 11.3 Å². The van der Waals surface area contributed by atoms with Gasteiger partial charge in [0.1, 0.15) is 12.0 Å². The molecule has 10 heteroatoms. The molecule has 0 aromatic heterocycles. The van der Waals surface area contributed by atoms with Crippen molar-refractivity contribution in [3.05, 3.63) is 59.4 Å². The van der Waals surface area contributed by atoms with Gasteiger partial charge in [-0.1, -0.05) is 0 Å². The number of rotatable bonds is 5. The van der Waals surface area contributed by atoms with Crippen LogP contribution in [0.25, 0.3) is 0 Å². The molecular weight excluding hydrogens is 376 g/mol. The zero-order valence-corrected chi connectivity index (χ0v) is 12.5. The van der Waals surface area contributed by atoms with Gasteiger partial charge in [0.15, 0.2) is 11.6 Å². The highest BCUT2D eigenvalue weighted by atomic mass is 19.4. The summed E-state index contributed by atoms with van der Waals surface area (Å²) in [4.78, 5) is 10.5. The average molecular weight is 384 g/mol. The molecule has 0 N–H and O–H groups in total. The second-order valence-corrected chi connectivity index (χ2v) is 5.08. The van der Waals surface area contributed by atoms with Gasteiger partial charge in [-0.2, -0.15) is 30.7 Å². The van der Waals surface area contributed by atoms with Gasteiger partial charge in [-0.3, -0.25) is 4.79 Å². The first-order chi connectivity index (χ1) is 11.9. The maximum Gasteiger partial charge on any atom is 0.460 e. The van der Waals surface area contributed by atoms with Crippen LogP contribution in [0.2, 0.25) is 0 Å². The van der Waals surface area contributed by atoms with E-state index in [4.69, 9.17) is 4.74 Å². The number of halogens is 8. The number of alkyl halides is 7. The average Bonchev–Trinajstić information content (AvgIpc) is 2.56. The van der Waals surface area contributed by atoms with Crippen LogP contribution >= 0.6 is 0 Å². The summed E-state index contributed by atoms with van der Waals surface area (Å²) in [6.07, 6.45) is -6.08. The van der Waals surface area contributed by atoms with Gasteiger partial charge in [0.2, 0.25) is 0 Å². The highest BCUT2D eigenvalue weighted by Gasteiger charge is 2.73. The molecule has 0 radical (unpaired) electrons. The van der Waals surface area contributed by atoms with Crippen LogP contribution in [0.1, 0.15) is 15.9 Å². The Morgan fingerprint density at radius 2 is 1.42 bits per heavy atom. The van der Waals surface area contributed by atoms with Gasteiger partial charge in [-0.15, -0.1) is 0 Å². The lowest BCUT2D eigenvalue weighted by Crippen LogP contribution is -2.49. The Kier molecular flexibility index (Phi) is 4.98. The Morgan fingerprint density at radius 3 is 1.88 bits per heavy atom. The van der Waals surface area contributed by atoms with Crippen LogP contribution in [0, 0.1) is 5.82 Å². The van der Waals surface area contributed by atoms with E-state index in [9.17, 15) is 39.9 Å². The lowest BCUT2D eigenvalue weighted by atomic mass is 10.0. The number of carbonyl (C=O) groups is 1. The van der Waals surface area contributed by atoms with Crippen LogP contribution in [0.4, 0.5) is 35.1 Å². The molecule has 0 amide bonds. The fraction of sp³-hybridized carbons (Fsp3) is 0.188. The zero-order chi connectivity index (χ0) is 19.8. The fourth-order valence-electron chi connectivity index (χ4n) is 1.89. The largest absolute Gasteiger partial charge is 0.460 e. The molecule has 0 bridgehead atoms. The number of hydrogen-bond acceptors (Lipinski definition) is 2. The van der Waals surface area contributed by atoms with Crippen molar-refractivity contribution in [2.75, 3.05) is 0 Å². The van der Waals surface area contributed by atoms with Gasteiger partial charge in [-0.05, 0) is 42.5 Å². The first-order valence-electron chi connectivity index (χ1n) is 6.75. The van der Waals surface area contributed by atoms with E-state index in [1.807, 2.05) is 0 Å². The van der Waals surface area contributed by atoms with E-state index in [1.165, 1.54) is 6.07 Å². The fourth-order valence-corrected chi connectivity index (χ4v) is 1.89. The summed E-state index contributed by atoms with van der Waals surface area (Å²) in [7, 11) is 0. The Balaban J connectivity index is 2.27. The van der Waals surface area contributed by atoms with Crippen molar-refractivity contribution in [1.82, 2.24) is 0 Å². The minimum Gasteiger partial charge on any atom is -0.454 e. The molecule has 0 aliphatic carbocycles. The predicted molar refractivity (Wildman–Crippen MR) is 73.2 cm³/mol. The SMILES string of the molecule is O=Cc1ccc(Oc2ccc(C(F)(F)C(F)(F)C(F)(F)F)cc2)c(F)c1. The molecule has 2 aromatic carbocycles. The lowest BCUT2D eigenvalue weighted by molar-refractivity contribution is -0.359. The molecule has 26 heavy (non-hydrogen) atoms. The molecule has 0 unspecified atom stereocenters. The predicted octanol–water partition coefficient (Wildman–Crippen LogP) is 5.72. The van der Waals surface area contributed by atoms with E-state index < -0.39 is 35.2 Å². The van der Waals surface area contributed by atoms with Crippen molar-refractivity contribution >= 4 is 6.29 Å². The molecule has 0 saturated heterocycles.